The Kier molecular flexibility index (Phi) is 4.19. The van der Waals surface area contributed by atoms with Crippen molar-refractivity contribution >= 4 is 0 Å². The molecule has 0 fully saturated rings. The molecule has 0 aliphatic heterocycles. The smallest absolute Gasteiger partial charge is 0.127 e. The highest BCUT2D eigenvalue weighted by atomic mass is 15.2. The summed E-state index contributed by atoms with van der Waals surface area (Å²) < 4.78 is 0. The molecule has 0 radical (unpaired) electrons. The van der Waals surface area contributed by atoms with E-state index in [2.05, 4.69) is 45.4 Å². The second-order valence-electron chi connectivity index (χ2n) is 5.76. The Balaban J connectivity index is 1.93. The van der Waals surface area contributed by atoms with Crippen LogP contribution in [0.15, 0.2) is 24.3 Å². The molecule has 2 nitrogen and oxygen atoms in total. The number of quaternary nitrogens is 2. The molecule has 0 spiro atoms. The van der Waals surface area contributed by atoms with Crippen LogP contribution in [0, 0.1) is 0 Å². The van der Waals surface area contributed by atoms with Crippen molar-refractivity contribution in [2.24, 2.45) is 0 Å². The quantitative estimate of drug-likeness (QED) is 0.675. The standard InChI is InChI=1S/C15H24N2/c1-16(2)10-11-17(3)15-9-8-13-6-4-5-7-14(13)12-15/h4-7,15H,8-12H2,1-3H3/p+2/t15-/m1/s1. The van der Waals surface area contributed by atoms with Crippen LogP contribution in [0.1, 0.15) is 17.5 Å². The fourth-order valence-corrected chi connectivity index (χ4v) is 2.77. The van der Waals surface area contributed by atoms with Gasteiger partial charge in [-0.05, 0) is 17.5 Å². The highest BCUT2D eigenvalue weighted by molar-refractivity contribution is 5.29. The van der Waals surface area contributed by atoms with Crippen LogP contribution in [-0.4, -0.2) is 40.3 Å². The molecule has 0 saturated carbocycles. The van der Waals surface area contributed by atoms with Crippen LogP contribution < -0.4 is 9.80 Å². The van der Waals surface area contributed by atoms with Gasteiger partial charge in [-0.3, -0.25) is 0 Å². The Bertz CT molecular complexity index is 360. The Morgan fingerprint density at radius 3 is 2.47 bits per heavy atom. The summed E-state index contributed by atoms with van der Waals surface area (Å²) >= 11 is 0. The van der Waals surface area contributed by atoms with Gasteiger partial charge in [-0.2, -0.15) is 0 Å². The molecule has 0 amide bonds. The molecule has 2 rings (SSSR count). The van der Waals surface area contributed by atoms with E-state index in [1.54, 1.807) is 20.9 Å². The molecule has 2 heteroatoms. The lowest BCUT2D eigenvalue weighted by molar-refractivity contribution is -0.945. The summed E-state index contributed by atoms with van der Waals surface area (Å²) in [5.74, 6) is 0. The molecule has 94 valence electrons. The third kappa shape index (κ3) is 3.30. The number of benzene rings is 1. The van der Waals surface area contributed by atoms with Crippen molar-refractivity contribution in [2.45, 2.75) is 25.3 Å². The van der Waals surface area contributed by atoms with Crippen molar-refractivity contribution in [2.75, 3.05) is 34.2 Å². The Labute approximate surface area is 105 Å². The van der Waals surface area contributed by atoms with Crippen molar-refractivity contribution in [3.63, 3.8) is 0 Å². The zero-order chi connectivity index (χ0) is 12.3. The zero-order valence-corrected chi connectivity index (χ0v) is 11.4. The maximum Gasteiger partial charge on any atom is 0.127 e. The first-order valence-electron chi connectivity index (χ1n) is 6.85. The third-order valence-electron chi connectivity index (χ3n) is 4.06. The summed E-state index contributed by atoms with van der Waals surface area (Å²) in [6.07, 6.45) is 3.89. The molecule has 1 aromatic carbocycles. The van der Waals surface area contributed by atoms with Crippen LogP contribution in [0.25, 0.3) is 0 Å². The Morgan fingerprint density at radius 1 is 1.06 bits per heavy atom. The maximum atomic E-state index is 2.36. The first-order valence-corrected chi connectivity index (χ1v) is 6.85. The number of rotatable bonds is 4. The number of aryl methyl sites for hydroxylation is 1. The van der Waals surface area contributed by atoms with Gasteiger partial charge in [0.05, 0.1) is 27.2 Å². The molecule has 17 heavy (non-hydrogen) atoms. The molecule has 0 heterocycles. The van der Waals surface area contributed by atoms with Crippen molar-refractivity contribution in [1.82, 2.24) is 0 Å². The van der Waals surface area contributed by atoms with E-state index in [0.717, 1.165) is 6.04 Å². The molecule has 0 bridgehead atoms. The lowest BCUT2D eigenvalue weighted by Gasteiger charge is -2.29. The van der Waals surface area contributed by atoms with E-state index in [4.69, 9.17) is 0 Å². The molecule has 1 aliphatic carbocycles. The summed E-state index contributed by atoms with van der Waals surface area (Å²) in [5, 5.41) is 0. The molecule has 1 aromatic rings. The van der Waals surface area contributed by atoms with Crippen LogP contribution in [0.3, 0.4) is 0 Å². The summed E-state index contributed by atoms with van der Waals surface area (Å²) in [7, 11) is 6.84. The lowest BCUT2D eigenvalue weighted by Crippen LogP contribution is -3.19. The molecule has 0 saturated heterocycles. The van der Waals surface area contributed by atoms with Crippen molar-refractivity contribution < 1.29 is 9.80 Å². The fourth-order valence-electron chi connectivity index (χ4n) is 2.77. The minimum atomic E-state index is 0.823. The molecule has 1 unspecified atom stereocenters. The van der Waals surface area contributed by atoms with Crippen molar-refractivity contribution in [3.8, 4) is 0 Å². The average Bonchev–Trinajstić information content (AvgIpc) is 2.35. The first kappa shape index (κ1) is 12.6. The second-order valence-corrected chi connectivity index (χ2v) is 5.76. The van der Waals surface area contributed by atoms with E-state index >= 15 is 0 Å². The Hall–Kier alpha value is -0.860. The average molecular weight is 234 g/mol. The van der Waals surface area contributed by atoms with Crippen LogP contribution in [0.2, 0.25) is 0 Å². The van der Waals surface area contributed by atoms with E-state index < -0.39 is 0 Å². The van der Waals surface area contributed by atoms with Gasteiger partial charge in [0.15, 0.2) is 0 Å². The fraction of sp³-hybridized carbons (Fsp3) is 0.600. The van der Waals surface area contributed by atoms with E-state index in [-0.39, 0.29) is 0 Å². The topological polar surface area (TPSA) is 8.88 Å². The van der Waals surface area contributed by atoms with Gasteiger partial charge >= 0.3 is 0 Å². The molecular weight excluding hydrogens is 208 g/mol. The van der Waals surface area contributed by atoms with Crippen molar-refractivity contribution in [1.29, 1.82) is 0 Å². The highest BCUT2D eigenvalue weighted by Crippen LogP contribution is 2.19. The number of hydrogen-bond donors (Lipinski definition) is 2. The van der Waals surface area contributed by atoms with E-state index in [1.807, 2.05) is 0 Å². The van der Waals surface area contributed by atoms with Gasteiger partial charge in [0.1, 0.15) is 13.1 Å². The molecule has 1 aliphatic rings. The number of nitrogens with one attached hydrogen (secondary N) is 2. The maximum absolute atomic E-state index is 2.36. The second kappa shape index (κ2) is 5.65. The largest absolute Gasteiger partial charge is 0.335 e. The number of hydrogen-bond acceptors (Lipinski definition) is 0. The molecule has 0 aromatic heterocycles. The van der Waals surface area contributed by atoms with Gasteiger partial charge in [-0.1, -0.05) is 24.3 Å². The van der Waals surface area contributed by atoms with Gasteiger partial charge in [0, 0.05) is 12.8 Å². The number of fused-ring (bicyclic) bond motifs is 1. The SMILES string of the molecule is C[NH+](C)CC[NH+](C)[C@@H]1CCc2ccccc2C1. The van der Waals surface area contributed by atoms with E-state index in [9.17, 15) is 0 Å². The zero-order valence-electron chi connectivity index (χ0n) is 11.4. The minimum Gasteiger partial charge on any atom is -0.335 e. The van der Waals surface area contributed by atoms with Crippen molar-refractivity contribution in [3.05, 3.63) is 35.4 Å². The van der Waals surface area contributed by atoms with Crippen LogP contribution in [-0.2, 0) is 12.8 Å². The Morgan fingerprint density at radius 2 is 1.76 bits per heavy atom. The molecular formula is C15H26N2+2. The number of likely N-dealkylation sites (N-methyl/N-ethyl adjacent to an activating group) is 2. The molecule has 2 atom stereocenters. The van der Waals surface area contributed by atoms with Crippen LogP contribution >= 0.6 is 0 Å². The van der Waals surface area contributed by atoms with Gasteiger partial charge < -0.3 is 9.80 Å². The highest BCUT2D eigenvalue weighted by Gasteiger charge is 2.24. The summed E-state index contributed by atoms with van der Waals surface area (Å²) in [4.78, 5) is 3.27. The van der Waals surface area contributed by atoms with Gasteiger partial charge in [0.25, 0.3) is 0 Å². The predicted molar refractivity (Wildman–Crippen MR) is 71.7 cm³/mol. The van der Waals surface area contributed by atoms with Crippen LogP contribution in [0.5, 0.6) is 0 Å². The van der Waals surface area contributed by atoms with Gasteiger partial charge in [0.2, 0.25) is 0 Å². The predicted octanol–water partition coefficient (Wildman–Crippen LogP) is -0.797. The monoisotopic (exact) mass is 234 g/mol. The van der Waals surface area contributed by atoms with Gasteiger partial charge in [-0.25, -0.2) is 0 Å². The van der Waals surface area contributed by atoms with E-state index in [1.165, 1.54) is 32.4 Å². The first-order chi connectivity index (χ1) is 8.16. The normalized spacial score (nSPS) is 21.3. The third-order valence-corrected chi connectivity index (χ3v) is 4.06. The minimum absolute atomic E-state index is 0.823. The summed E-state index contributed by atoms with van der Waals surface area (Å²) in [6, 6.07) is 9.78. The van der Waals surface area contributed by atoms with Crippen LogP contribution in [0.4, 0.5) is 0 Å². The van der Waals surface area contributed by atoms with E-state index in [0.29, 0.717) is 0 Å². The van der Waals surface area contributed by atoms with Gasteiger partial charge in [-0.15, -0.1) is 0 Å². The summed E-state index contributed by atoms with van der Waals surface area (Å²) in [5.41, 5.74) is 3.16. The molecule has 2 N–H and O–H groups in total. The lowest BCUT2D eigenvalue weighted by atomic mass is 9.88. The summed E-state index contributed by atoms with van der Waals surface area (Å²) in [6.45, 7) is 2.55.